The minimum atomic E-state index is -0.0787. The third kappa shape index (κ3) is 6.99. The van der Waals surface area contributed by atoms with Gasteiger partial charge in [-0.2, -0.15) is 0 Å². The first-order valence-electron chi connectivity index (χ1n) is 6.62. The summed E-state index contributed by atoms with van der Waals surface area (Å²) in [6.07, 6.45) is 6.35. The molecule has 3 heteroatoms. The first-order chi connectivity index (χ1) is 8.72. The number of hydrogen-bond donors (Lipinski definition) is 0. The van der Waals surface area contributed by atoms with Crippen molar-refractivity contribution in [3.05, 3.63) is 33.4 Å². The number of unbranched alkanes of at least 4 members (excludes halogenated alkanes) is 4. The van der Waals surface area contributed by atoms with Gasteiger partial charge in [0, 0.05) is 9.99 Å². The molecule has 1 aromatic carbocycles. The van der Waals surface area contributed by atoms with E-state index in [2.05, 4.69) is 29.5 Å². The Balaban J connectivity index is 2.11. The van der Waals surface area contributed by atoms with Gasteiger partial charge in [0.05, 0.1) is 0 Å². The van der Waals surface area contributed by atoms with E-state index in [-0.39, 0.29) is 5.97 Å². The molecule has 2 nitrogen and oxygen atoms in total. The fourth-order valence-corrected chi connectivity index (χ4v) is 2.05. The highest BCUT2D eigenvalue weighted by Gasteiger charge is 2.03. The van der Waals surface area contributed by atoms with Crippen LogP contribution in [0.1, 0.15) is 51.0 Å². The lowest BCUT2D eigenvalue weighted by Gasteiger charge is -2.05. The molecule has 0 heterocycles. The zero-order chi connectivity index (χ0) is 13.2. The number of carbonyl (C=O) groups is 1. The molecule has 1 aromatic rings. The smallest absolute Gasteiger partial charge is 0.306 e. The van der Waals surface area contributed by atoms with Crippen LogP contribution in [0, 0.1) is 3.57 Å². The Bertz CT molecular complexity index is 346. The van der Waals surface area contributed by atoms with Crippen LogP contribution < -0.4 is 0 Å². The largest absolute Gasteiger partial charge is 0.461 e. The van der Waals surface area contributed by atoms with Gasteiger partial charge in [0.1, 0.15) is 6.61 Å². The molecule has 0 unspecified atom stereocenters. The van der Waals surface area contributed by atoms with Crippen molar-refractivity contribution < 1.29 is 9.53 Å². The van der Waals surface area contributed by atoms with E-state index in [9.17, 15) is 4.79 Å². The molecule has 0 bridgehead atoms. The third-order valence-electron chi connectivity index (χ3n) is 2.80. The van der Waals surface area contributed by atoms with Crippen molar-refractivity contribution in [3.8, 4) is 0 Å². The number of halogens is 1. The molecule has 0 atom stereocenters. The molecule has 0 aliphatic rings. The van der Waals surface area contributed by atoms with Crippen molar-refractivity contribution >= 4 is 28.6 Å². The van der Waals surface area contributed by atoms with E-state index in [1.165, 1.54) is 22.8 Å². The molecule has 0 aromatic heterocycles. The topological polar surface area (TPSA) is 26.3 Å². The average Bonchev–Trinajstić information content (AvgIpc) is 2.38. The summed E-state index contributed by atoms with van der Waals surface area (Å²) in [5.74, 6) is -0.0787. The minimum Gasteiger partial charge on any atom is -0.461 e. The lowest BCUT2D eigenvalue weighted by Crippen LogP contribution is -2.04. The molecule has 0 aliphatic carbocycles. The predicted molar refractivity (Wildman–Crippen MR) is 82.3 cm³/mol. The van der Waals surface area contributed by atoms with Crippen LogP contribution in [0.2, 0.25) is 0 Å². The predicted octanol–water partition coefficient (Wildman–Crippen LogP) is 4.69. The summed E-state index contributed by atoms with van der Waals surface area (Å²) < 4.78 is 6.43. The summed E-state index contributed by atoms with van der Waals surface area (Å²) in [6, 6.07) is 8.04. The van der Waals surface area contributed by atoms with Crippen LogP contribution in [-0.2, 0) is 16.1 Å². The Labute approximate surface area is 123 Å². The minimum absolute atomic E-state index is 0.0787. The van der Waals surface area contributed by atoms with E-state index in [0.717, 1.165) is 18.4 Å². The summed E-state index contributed by atoms with van der Waals surface area (Å²) >= 11 is 2.26. The Morgan fingerprint density at radius 2 is 1.78 bits per heavy atom. The second kappa shape index (κ2) is 9.36. The van der Waals surface area contributed by atoms with Crippen molar-refractivity contribution in [2.75, 3.05) is 0 Å². The number of rotatable bonds is 8. The van der Waals surface area contributed by atoms with Crippen molar-refractivity contribution in [2.24, 2.45) is 0 Å². The van der Waals surface area contributed by atoms with Gasteiger partial charge in [-0.1, -0.05) is 44.7 Å². The van der Waals surface area contributed by atoms with E-state index in [0.29, 0.717) is 13.0 Å². The zero-order valence-corrected chi connectivity index (χ0v) is 13.1. The van der Waals surface area contributed by atoms with Gasteiger partial charge >= 0.3 is 5.97 Å². The summed E-state index contributed by atoms with van der Waals surface area (Å²) in [5.41, 5.74) is 1.05. The zero-order valence-electron chi connectivity index (χ0n) is 11.0. The van der Waals surface area contributed by atoms with E-state index in [4.69, 9.17) is 4.74 Å². The molecular formula is C15H21IO2. The van der Waals surface area contributed by atoms with Gasteiger partial charge in [-0.05, 0) is 46.7 Å². The van der Waals surface area contributed by atoms with E-state index >= 15 is 0 Å². The Kier molecular flexibility index (Phi) is 8.05. The highest BCUT2D eigenvalue weighted by molar-refractivity contribution is 14.1. The normalized spacial score (nSPS) is 10.3. The van der Waals surface area contributed by atoms with Gasteiger partial charge in [-0.3, -0.25) is 4.79 Å². The van der Waals surface area contributed by atoms with Crippen LogP contribution in [0.4, 0.5) is 0 Å². The first kappa shape index (κ1) is 15.5. The molecule has 0 fully saturated rings. The van der Waals surface area contributed by atoms with Gasteiger partial charge in [0.15, 0.2) is 0 Å². The summed E-state index contributed by atoms with van der Waals surface area (Å²) in [7, 11) is 0. The Morgan fingerprint density at radius 1 is 1.11 bits per heavy atom. The van der Waals surface area contributed by atoms with Crippen LogP contribution in [0.3, 0.4) is 0 Å². The number of benzene rings is 1. The van der Waals surface area contributed by atoms with Crippen LogP contribution in [0.5, 0.6) is 0 Å². The fourth-order valence-electron chi connectivity index (χ4n) is 1.69. The average molecular weight is 360 g/mol. The highest BCUT2D eigenvalue weighted by atomic mass is 127. The number of ether oxygens (including phenoxy) is 1. The number of hydrogen-bond acceptors (Lipinski definition) is 2. The van der Waals surface area contributed by atoms with Crippen molar-refractivity contribution in [3.63, 3.8) is 0 Å². The Morgan fingerprint density at radius 3 is 2.44 bits per heavy atom. The van der Waals surface area contributed by atoms with Gasteiger partial charge in [0.2, 0.25) is 0 Å². The molecule has 18 heavy (non-hydrogen) atoms. The SMILES string of the molecule is CCCCCCCC(=O)OCc1ccc(I)cc1. The first-order valence-corrected chi connectivity index (χ1v) is 7.70. The summed E-state index contributed by atoms with van der Waals surface area (Å²) in [5, 5.41) is 0. The Hall–Kier alpha value is -0.580. The third-order valence-corrected chi connectivity index (χ3v) is 3.52. The quantitative estimate of drug-likeness (QED) is 0.382. The standard InChI is InChI=1S/C15H21IO2/c1-2-3-4-5-6-7-15(17)18-12-13-8-10-14(16)11-9-13/h8-11H,2-7,12H2,1H3. The van der Waals surface area contributed by atoms with Gasteiger partial charge in [0.25, 0.3) is 0 Å². The van der Waals surface area contributed by atoms with E-state index in [1.807, 2.05) is 24.3 Å². The van der Waals surface area contributed by atoms with Crippen LogP contribution in [0.25, 0.3) is 0 Å². The van der Waals surface area contributed by atoms with Crippen LogP contribution in [-0.4, -0.2) is 5.97 Å². The molecule has 0 aliphatic heterocycles. The van der Waals surface area contributed by atoms with Gasteiger partial charge in [-0.25, -0.2) is 0 Å². The van der Waals surface area contributed by atoms with E-state index in [1.54, 1.807) is 0 Å². The van der Waals surface area contributed by atoms with Crippen molar-refractivity contribution in [1.82, 2.24) is 0 Å². The fraction of sp³-hybridized carbons (Fsp3) is 0.533. The molecule has 0 saturated carbocycles. The van der Waals surface area contributed by atoms with Crippen molar-refractivity contribution in [1.29, 1.82) is 0 Å². The molecule has 0 N–H and O–H groups in total. The highest BCUT2D eigenvalue weighted by Crippen LogP contribution is 2.09. The molecule has 0 saturated heterocycles. The van der Waals surface area contributed by atoms with Crippen LogP contribution >= 0.6 is 22.6 Å². The molecule has 0 amide bonds. The molecule has 1 rings (SSSR count). The molecule has 100 valence electrons. The lowest BCUT2D eigenvalue weighted by atomic mass is 10.1. The molecular weight excluding hydrogens is 339 g/mol. The van der Waals surface area contributed by atoms with Gasteiger partial charge < -0.3 is 4.74 Å². The summed E-state index contributed by atoms with van der Waals surface area (Å²) in [4.78, 5) is 11.5. The molecule has 0 radical (unpaired) electrons. The maximum absolute atomic E-state index is 11.5. The number of carbonyl (C=O) groups excluding carboxylic acids is 1. The molecule has 0 spiro atoms. The monoisotopic (exact) mass is 360 g/mol. The van der Waals surface area contributed by atoms with Crippen LogP contribution in [0.15, 0.2) is 24.3 Å². The second-order valence-electron chi connectivity index (χ2n) is 4.45. The maximum atomic E-state index is 11.5. The van der Waals surface area contributed by atoms with E-state index < -0.39 is 0 Å². The lowest BCUT2D eigenvalue weighted by molar-refractivity contribution is -0.145. The number of esters is 1. The van der Waals surface area contributed by atoms with Crippen molar-refractivity contribution in [2.45, 2.75) is 52.1 Å². The van der Waals surface area contributed by atoms with Gasteiger partial charge in [-0.15, -0.1) is 0 Å². The summed E-state index contributed by atoms with van der Waals surface area (Å²) in [6.45, 7) is 2.58. The maximum Gasteiger partial charge on any atom is 0.306 e. The second-order valence-corrected chi connectivity index (χ2v) is 5.70.